The van der Waals surface area contributed by atoms with Crippen molar-refractivity contribution in [2.75, 3.05) is 18.0 Å². The number of hydrogen-bond donors (Lipinski definition) is 1. The van der Waals surface area contributed by atoms with Gasteiger partial charge in [-0.05, 0) is 61.9 Å². The van der Waals surface area contributed by atoms with Crippen LogP contribution in [0.2, 0.25) is 0 Å². The van der Waals surface area contributed by atoms with Gasteiger partial charge in [-0.15, -0.1) is 0 Å². The Hall–Kier alpha value is -3.59. The summed E-state index contributed by atoms with van der Waals surface area (Å²) in [6.07, 6.45) is 1.20. The topological polar surface area (TPSA) is 96.0 Å². The first-order valence-electron chi connectivity index (χ1n) is 12.9. The van der Waals surface area contributed by atoms with Crippen molar-refractivity contribution in [3.8, 4) is 5.75 Å². The quantitative estimate of drug-likeness (QED) is 0.389. The van der Waals surface area contributed by atoms with Crippen LogP contribution in [0, 0.1) is 0 Å². The molecule has 0 bridgehead atoms. The lowest BCUT2D eigenvalue weighted by Gasteiger charge is -2.30. The van der Waals surface area contributed by atoms with Crippen LogP contribution in [-0.4, -0.2) is 50.9 Å². The van der Waals surface area contributed by atoms with E-state index in [0.717, 1.165) is 22.8 Å². The molecule has 0 radical (unpaired) electrons. The molecule has 0 unspecified atom stereocenters. The number of hydrogen-bond acceptors (Lipinski definition) is 5. The molecule has 8 nitrogen and oxygen atoms in total. The SMILES string of the molecule is CC[C@H](C)NC(=O)[C@H](C)N(Cc1cccc(OC)c1)C(=O)CCCN1c2cccc3cccc(c23)S1(=O)=O. The average molecular weight is 538 g/mol. The number of amides is 2. The van der Waals surface area contributed by atoms with Gasteiger partial charge >= 0.3 is 0 Å². The van der Waals surface area contributed by atoms with E-state index in [0.29, 0.717) is 22.8 Å². The molecule has 0 spiro atoms. The van der Waals surface area contributed by atoms with Crippen molar-refractivity contribution in [2.45, 2.75) is 63.6 Å². The van der Waals surface area contributed by atoms with Crippen molar-refractivity contribution in [3.63, 3.8) is 0 Å². The average Bonchev–Trinajstić information content (AvgIpc) is 3.14. The molecule has 0 fully saturated rings. The van der Waals surface area contributed by atoms with E-state index in [-0.39, 0.29) is 37.4 Å². The predicted octanol–water partition coefficient (Wildman–Crippen LogP) is 4.47. The predicted molar refractivity (Wildman–Crippen MR) is 149 cm³/mol. The molecule has 1 N–H and O–H groups in total. The van der Waals surface area contributed by atoms with Crippen LogP contribution in [-0.2, 0) is 26.2 Å². The Balaban J connectivity index is 1.50. The van der Waals surface area contributed by atoms with Crippen molar-refractivity contribution in [2.24, 2.45) is 0 Å². The third kappa shape index (κ3) is 5.48. The van der Waals surface area contributed by atoms with Gasteiger partial charge in [0.2, 0.25) is 11.8 Å². The molecule has 2 atom stereocenters. The molecule has 0 saturated carbocycles. The standard InChI is InChI=1S/C29H35N3O5S/c1-5-20(2)30-29(34)21(3)31(19-22-10-6-13-24(18-22)37-4)27(33)16-9-17-32-25-14-7-11-23-12-8-15-26(28(23)25)38(32,35)36/h6-8,10-15,18,20-21H,5,9,16-17,19H2,1-4H3,(H,30,34)/t20-,21-/m0/s1. The first-order chi connectivity index (χ1) is 18.2. The Morgan fingerprint density at radius 1 is 1.05 bits per heavy atom. The monoisotopic (exact) mass is 537 g/mol. The summed E-state index contributed by atoms with van der Waals surface area (Å²) in [5, 5.41) is 4.55. The van der Waals surface area contributed by atoms with Crippen molar-refractivity contribution in [1.82, 2.24) is 10.2 Å². The van der Waals surface area contributed by atoms with E-state index in [2.05, 4.69) is 5.32 Å². The minimum atomic E-state index is -3.69. The molecule has 1 heterocycles. The van der Waals surface area contributed by atoms with Crippen LogP contribution >= 0.6 is 0 Å². The third-order valence-corrected chi connectivity index (χ3v) is 8.94. The fraction of sp³-hybridized carbons (Fsp3) is 0.379. The molecule has 0 aromatic heterocycles. The normalized spacial score (nSPS) is 15.2. The van der Waals surface area contributed by atoms with E-state index in [1.807, 2.05) is 56.3 Å². The number of nitrogens with one attached hydrogen (secondary N) is 1. The Bertz CT molecular complexity index is 1430. The second-order valence-electron chi connectivity index (χ2n) is 9.68. The zero-order valence-corrected chi connectivity index (χ0v) is 23.1. The van der Waals surface area contributed by atoms with Gasteiger partial charge < -0.3 is 15.0 Å². The lowest BCUT2D eigenvalue weighted by Crippen LogP contribution is -2.49. The molecule has 0 aliphatic carbocycles. The van der Waals surface area contributed by atoms with Gasteiger partial charge in [0.15, 0.2) is 0 Å². The maximum absolute atomic E-state index is 13.5. The number of rotatable bonds is 11. The van der Waals surface area contributed by atoms with Gasteiger partial charge in [-0.25, -0.2) is 8.42 Å². The first kappa shape index (κ1) is 27.4. The van der Waals surface area contributed by atoms with Crippen molar-refractivity contribution in [1.29, 1.82) is 0 Å². The van der Waals surface area contributed by atoms with Gasteiger partial charge in [0.25, 0.3) is 10.0 Å². The highest BCUT2D eigenvalue weighted by Gasteiger charge is 2.35. The lowest BCUT2D eigenvalue weighted by atomic mass is 10.1. The summed E-state index contributed by atoms with van der Waals surface area (Å²) < 4.78 is 33.3. The number of carbonyl (C=O) groups excluding carboxylic acids is 2. The molecule has 1 aliphatic heterocycles. The highest BCUT2D eigenvalue weighted by Crippen LogP contribution is 2.42. The van der Waals surface area contributed by atoms with E-state index in [9.17, 15) is 18.0 Å². The first-order valence-corrected chi connectivity index (χ1v) is 14.4. The summed E-state index contributed by atoms with van der Waals surface area (Å²) in [5.41, 5.74) is 1.48. The number of methoxy groups -OCH3 is 1. The molecule has 2 amide bonds. The Kier molecular flexibility index (Phi) is 8.26. The van der Waals surface area contributed by atoms with Crippen molar-refractivity contribution < 1.29 is 22.7 Å². The second-order valence-corrected chi connectivity index (χ2v) is 11.5. The number of nitrogens with zero attached hydrogens (tertiary/aromatic N) is 2. The molecule has 9 heteroatoms. The van der Waals surface area contributed by atoms with E-state index in [1.165, 1.54) is 4.31 Å². The van der Waals surface area contributed by atoms with Crippen LogP contribution < -0.4 is 14.4 Å². The molecule has 0 saturated heterocycles. The van der Waals surface area contributed by atoms with Crippen LogP contribution in [0.15, 0.2) is 65.6 Å². The highest BCUT2D eigenvalue weighted by molar-refractivity contribution is 7.93. The van der Waals surface area contributed by atoms with Crippen LogP contribution in [0.5, 0.6) is 5.75 Å². The summed E-state index contributed by atoms with van der Waals surface area (Å²) in [6, 6.07) is 17.5. The zero-order valence-electron chi connectivity index (χ0n) is 22.3. The molecule has 3 aromatic rings. The van der Waals surface area contributed by atoms with Crippen LogP contribution in [0.1, 0.15) is 45.6 Å². The zero-order chi connectivity index (χ0) is 27.4. The Labute approximate surface area is 224 Å². The number of sulfonamides is 1. The van der Waals surface area contributed by atoms with E-state index in [4.69, 9.17) is 4.74 Å². The van der Waals surface area contributed by atoms with Gasteiger partial charge in [0.1, 0.15) is 11.8 Å². The highest BCUT2D eigenvalue weighted by atomic mass is 32.2. The third-order valence-electron chi connectivity index (χ3n) is 7.09. The molecule has 3 aromatic carbocycles. The number of carbonyl (C=O) groups is 2. The van der Waals surface area contributed by atoms with Crippen LogP contribution in [0.25, 0.3) is 10.8 Å². The largest absolute Gasteiger partial charge is 0.497 e. The van der Waals surface area contributed by atoms with Crippen LogP contribution in [0.3, 0.4) is 0 Å². The van der Waals surface area contributed by atoms with Gasteiger partial charge in [-0.1, -0.05) is 43.3 Å². The van der Waals surface area contributed by atoms with Gasteiger partial charge in [-0.3, -0.25) is 13.9 Å². The summed E-state index contributed by atoms with van der Waals surface area (Å²) in [5.74, 6) is 0.228. The fourth-order valence-electron chi connectivity index (χ4n) is 4.73. The van der Waals surface area contributed by atoms with E-state index < -0.39 is 16.1 Å². The van der Waals surface area contributed by atoms with Crippen LogP contribution in [0.4, 0.5) is 5.69 Å². The minimum Gasteiger partial charge on any atom is -0.497 e. The Morgan fingerprint density at radius 2 is 1.76 bits per heavy atom. The minimum absolute atomic E-state index is 0.0107. The molecular formula is C29H35N3O5S. The van der Waals surface area contributed by atoms with E-state index in [1.54, 1.807) is 37.1 Å². The smallest absolute Gasteiger partial charge is 0.265 e. The number of anilines is 1. The maximum atomic E-state index is 13.5. The summed E-state index contributed by atoms with van der Waals surface area (Å²) >= 11 is 0. The van der Waals surface area contributed by atoms with Gasteiger partial charge in [-0.2, -0.15) is 0 Å². The molecule has 1 aliphatic rings. The second kappa shape index (κ2) is 11.4. The lowest BCUT2D eigenvalue weighted by molar-refractivity contribution is -0.140. The van der Waals surface area contributed by atoms with E-state index >= 15 is 0 Å². The Morgan fingerprint density at radius 3 is 2.47 bits per heavy atom. The maximum Gasteiger partial charge on any atom is 0.265 e. The molecule has 202 valence electrons. The van der Waals surface area contributed by atoms with Crippen molar-refractivity contribution >= 4 is 38.3 Å². The molecular weight excluding hydrogens is 502 g/mol. The summed E-state index contributed by atoms with van der Waals surface area (Å²) in [4.78, 5) is 28.3. The molecule has 4 rings (SSSR count). The van der Waals surface area contributed by atoms with Gasteiger partial charge in [0, 0.05) is 30.9 Å². The summed E-state index contributed by atoms with van der Waals surface area (Å²) in [6.45, 7) is 6.03. The van der Waals surface area contributed by atoms with Gasteiger partial charge in [0.05, 0.1) is 17.7 Å². The number of benzene rings is 3. The molecule has 38 heavy (non-hydrogen) atoms. The van der Waals surface area contributed by atoms with Crippen molar-refractivity contribution in [3.05, 3.63) is 66.2 Å². The number of ether oxygens (including phenoxy) is 1. The summed E-state index contributed by atoms with van der Waals surface area (Å²) in [7, 11) is -2.11. The fourth-order valence-corrected chi connectivity index (χ4v) is 6.48.